The highest BCUT2D eigenvalue weighted by atomic mass is 16.5. The number of likely N-dealkylation sites (tertiary alicyclic amines) is 1. The third kappa shape index (κ3) is 10.4. The minimum atomic E-state index is -0.0235. The number of nitrogens with zero attached hydrogens (tertiary/aromatic N) is 2. The number of morpholine rings is 1. The molecule has 0 unspecified atom stereocenters. The molecule has 2 fully saturated rings. The molecule has 7 nitrogen and oxygen atoms in total. The van der Waals surface area contributed by atoms with E-state index >= 15 is 0 Å². The van der Waals surface area contributed by atoms with Gasteiger partial charge >= 0.3 is 0 Å². The fourth-order valence-corrected chi connectivity index (χ4v) is 5.21. The predicted molar refractivity (Wildman–Crippen MR) is 186 cm³/mol. The molecule has 1 aromatic rings. The standard InChI is InChI=1S/C37H53N5O2/c1-8-11-12-15-34(42-26-33(27-42)38-7)24-28(4)25-37(43)39-32-18-16-31(17-19-32)36(14-10-3)40-35(13-9-2)29(5)30(6)41-20-22-44-23-21-41/h9,11-19,24,33,38,40H,2,8,10,20-23,25-27H2,1,3-7H3,(H,39,43)/b12-11+,28-24+,30-29+,34-15+,35-13+,36-14+. The molecule has 2 aliphatic heterocycles. The molecule has 0 atom stereocenters. The van der Waals surface area contributed by atoms with Gasteiger partial charge in [-0.2, -0.15) is 0 Å². The summed E-state index contributed by atoms with van der Waals surface area (Å²) in [4.78, 5) is 17.7. The van der Waals surface area contributed by atoms with Crippen molar-refractivity contribution in [3.05, 3.63) is 107 Å². The zero-order valence-electron chi connectivity index (χ0n) is 27.7. The number of hydrogen-bond donors (Lipinski definition) is 3. The molecule has 238 valence electrons. The number of anilines is 1. The summed E-state index contributed by atoms with van der Waals surface area (Å²) in [5.74, 6) is -0.0235. The smallest absolute Gasteiger partial charge is 0.228 e. The van der Waals surface area contributed by atoms with Gasteiger partial charge in [0.1, 0.15) is 0 Å². The van der Waals surface area contributed by atoms with Crippen molar-refractivity contribution < 1.29 is 9.53 Å². The van der Waals surface area contributed by atoms with Gasteiger partial charge in [0.05, 0.1) is 13.2 Å². The fraction of sp³-hybridized carbons (Fsp3) is 0.432. The molecule has 1 amide bonds. The zero-order chi connectivity index (χ0) is 31.9. The average Bonchev–Trinajstić information content (AvgIpc) is 3.00. The summed E-state index contributed by atoms with van der Waals surface area (Å²) in [7, 11) is 2.00. The quantitative estimate of drug-likeness (QED) is 0.194. The number of carbonyl (C=O) groups excluding carboxylic acids is 1. The Labute approximate surface area is 265 Å². The average molecular weight is 600 g/mol. The van der Waals surface area contributed by atoms with Crippen LogP contribution in [0.4, 0.5) is 5.69 Å². The lowest BCUT2D eigenvalue weighted by Gasteiger charge is -2.41. The second-order valence-electron chi connectivity index (χ2n) is 11.4. The van der Waals surface area contributed by atoms with Gasteiger partial charge in [-0.1, -0.05) is 62.4 Å². The van der Waals surface area contributed by atoms with E-state index in [4.69, 9.17) is 4.74 Å². The van der Waals surface area contributed by atoms with Crippen molar-refractivity contribution in [2.24, 2.45) is 0 Å². The number of hydrogen-bond acceptors (Lipinski definition) is 6. The minimum Gasteiger partial charge on any atom is -0.378 e. The fourth-order valence-electron chi connectivity index (χ4n) is 5.21. The van der Waals surface area contributed by atoms with Gasteiger partial charge in [0.25, 0.3) is 0 Å². The molecule has 2 aliphatic rings. The molecule has 7 heteroatoms. The van der Waals surface area contributed by atoms with Crippen LogP contribution in [0.1, 0.15) is 59.4 Å². The first kappa shape index (κ1) is 34.7. The van der Waals surface area contributed by atoms with E-state index < -0.39 is 0 Å². The minimum absolute atomic E-state index is 0.0235. The number of likely N-dealkylation sites (N-methyl/N-ethyl adjacent to an activating group) is 1. The van der Waals surface area contributed by atoms with Crippen LogP contribution < -0.4 is 16.0 Å². The molecular weight excluding hydrogens is 546 g/mol. The third-order valence-electron chi connectivity index (χ3n) is 8.00. The highest BCUT2D eigenvalue weighted by molar-refractivity contribution is 5.92. The van der Waals surface area contributed by atoms with Gasteiger partial charge in [0.15, 0.2) is 0 Å². The van der Waals surface area contributed by atoms with Crippen molar-refractivity contribution in [1.29, 1.82) is 0 Å². The Hall–Kier alpha value is -3.81. The summed E-state index contributed by atoms with van der Waals surface area (Å²) >= 11 is 0. The van der Waals surface area contributed by atoms with Crippen molar-refractivity contribution >= 4 is 17.3 Å². The lowest BCUT2D eigenvalue weighted by atomic mass is 10.1. The SMILES string of the molecule is C=C/C=C(N/C(=C/CC)c1ccc(NC(=O)C/C(C)=C/C(=C\C=C\CC)N2CC(NC)C2)cc1)\C(C)=C(/C)N1CCOCC1. The lowest BCUT2D eigenvalue weighted by molar-refractivity contribution is -0.115. The Bertz CT molecular complexity index is 1290. The number of allylic oxidation sites excluding steroid dienone is 9. The summed E-state index contributed by atoms with van der Waals surface area (Å²) in [6, 6.07) is 8.55. The van der Waals surface area contributed by atoms with E-state index in [2.05, 4.69) is 103 Å². The first-order chi connectivity index (χ1) is 21.3. The van der Waals surface area contributed by atoms with Crippen molar-refractivity contribution in [1.82, 2.24) is 20.4 Å². The number of benzene rings is 1. The lowest BCUT2D eigenvalue weighted by Crippen LogP contribution is -2.55. The number of nitrogens with one attached hydrogen (secondary N) is 3. The number of rotatable bonds is 15. The topological polar surface area (TPSA) is 68.9 Å². The van der Waals surface area contributed by atoms with Crippen molar-refractivity contribution in [3.8, 4) is 0 Å². The maximum absolute atomic E-state index is 13.0. The van der Waals surface area contributed by atoms with Crippen LogP contribution in [0.25, 0.3) is 5.70 Å². The number of carbonyl (C=O) groups is 1. The summed E-state index contributed by atoms with van der Waals surface area (Å²) < 4.78 is 5.54. The van der Waals surface area contributed by atoms with Crippen LogP contribution in [0.15, 0.2) is 102 Å². The molecule has 0 aromatic heterocycles. The summed E-state index contributed by atoms with van der Waals surface area (Å²) in [6.07, 6.45) is 16.8. The Morgan fingerprint density at radius 3 is 2.34 bits per heavy atom. The molecule has 2 saturated heterocycles. The Morgan fingerprint density at radius 1 is 1.02 bits per heavy atom. The second kappa shape index (κ2) is 18.1. The molecule has 3 N–H and O–H groups in total. The largest absolute Gasteiger partial charge is 0.378 e. The zero-order valence-corrected chi connectivity index (χ0v) is 27.7. The molecule has 2 heterocycles. The summed E-state index contributed by atoms with van der Waals surface area (Å²) in [5, 5.41) is 10.1. The van der Waals surface area contributed by atoms with Crippen LogP contribution in [0.2, 0.25) is 0 Å². The van der Waals surface area contributed by atoms with Gasteiger partial charge in [-0.15, -0.1) is 0 Å². The third-order valence-corrected chi connectivity index (χ3v) is 8.00. The monoisotopic (exact) mass is 599 g/mol. The van der Waals surface area contributed by atoms with Gasteiger partial charge < -0.3 is 30.5 Å². The molecule has 1 aromatic carbocycles. The summed E-state index contributed by atoms with van der Waals surface area (Å²) in [5.41, 5.74) is 8.46. The predicted octanol–water partition coefficient (Wildman–Crippen LogP) is 6.75. The Morgan fingerprint density at radius 2 is 1.73 bits per heavy atom. The Kier molecular flexibility index (Phi) is 14.3. The molecule has 0 bridgehead atoms. The van der Waals surface area contributed by atoms with Gasteiger partial charge in [0.2, 0.25) is 5.91 Å². The van der Waals surface area contributed by atoms with Gasteiger partial charge in [-0.05, 0) is 82.2 Å². The molecule has 0 saturated carbocycles. The van der Waals surface area contributed by atoms with Gasteiger partial charge in [-0.3, -0.25) is 4.79 Å². The van der Waals surface area contributed by atoms with Crippen LogP contribution in [-0.4, -0.2) is 68.2 Å². The van der Waals surface area contributed by atoms with E-state index in [-0.39, 0.29) is 5.91 Å². The molecule has 3 rings (SSSR count). The van der Waals surface area contributed by atoms with E-state index in [0.717, 1.165) is 86.1 Å². The van der Waals surface area contributed by atoms with Gasteiger partial charge in [-0.25, -0.2) is 0 Å². The van der Waals surface area contributed by atoms with E-state index in [1.807, 2.05) is 38.3 Å². The maximum atomic E-state index is 13.0. The van der Waals surface area contributed by atoms with Crippen LogP contribution in [-0.2, 0) is 9.53 Å². The number of ether oxygens (including phenoxy) is 1. The molecule has 0 radical (unpaired) electrons. The maximum Gasteiger partial charge on any atom is 0.228 e. The summed E-state index contributed by atoms with van der Waals surface area (Å²) in [6.45, 7) is 19.8. The molecule has 0 spiro atoms. The van der Waals surface area contributed by atoms with Crippen molar-refractivity contribution in [2.75, 3.05) is 51.8 Å². The van der Waals surface area contributed by atoms with Crippen LogP contribution in [0.5, 0.6) is 0 Å². The normalized spacial score (nSPS) is 17.9. The molecular formula is C37H53N5O2. The van der Waals surface area contributed by atoms with Crippen molar-refractivity contribution in [3.63, 3.8) is 0 Å². The first-order valence-corrected chi connectivity index (χ1v) is 16.0. The van der Waals surface area contributed by atoms with E-state index in [0.29, 0.717) is 12.5 Å². The second-order valence-corrected chi connectivity index (χ2v) is 11.4. The van der Waals surface area contributed by atoms with Gasteiger partial charge in [0, 0.05) is 67.1 Å². The van der Waals surface area contributed by atoms with Crippen LogP contribution in [0, 0.1) is 0 Å². The molecule has 0 aliphatic carbocycles. The first-order valence-electron chi connectivity index (χ1n) is 16.0. The molecule has 44 heavy (non-hydrogen) atoms. The van der Waals surface area contributed by atoms with Crippen LogP contribution in [0.3, 0.4) is 0 Å². The van der Waals surface area contributed by atoms with Crippen molar-refractivity contribution in [2.45, 2.75) is 59.9 Å². The Balaban J connectivity index is 1.67. The highest BCUT2D eigenvalue weighted by Crippen LogP contribution is 2.23. The van der Waals surface area contributed by atoms with E-state index in [9.17, 15) is 4.79 Å². The van der Waals surface area contributed by atoms with Crippen LogP contribution >= 0.6 is 0 Å². The van der Waals surface area contributed by atoms with E-state index in [1.54, 1.807) is 0 Å². The van der Waals surface area contributed by atoms with E-state index in [1.165, 1.54) is 11.3 Å². The highest BCUT2D eigenvalue weighted by Gasteiger charge is 2.25. The number of amides is 1.